The van der Waals surface area contributed by atoms with Crippen molar-refractivity contribution in [3.63, 3.8) is 0 Å². The average Bonchev–Trinajstić information content (AvgIpc) is 3.18. The van der Waals surface area contributed by atoms with E-state index in [0.717, 1.165) is 38.2 Å². The Hall–Kier alpha value is -1.69. The maximum absolute atomic E-state index is 12.2. The van der Waals surface area contributed by atoms with E-state index in [2.05, 4.69) is 26.6 Å². The lowest BCUT2D eigenvalue weighted by molar-refractivity contribution is -0.132. The first-order valence-corrected chi connectivity index (χ1v) is 7.86. The highest BCUT2D eigenvalue weighted by molar-refractivity contribution is 7.09. The van der Waals surface area contributed by atoms with Crippen molar-refractivity contribution in [2.45, 2.75) is 31.6 Å². The Kier molecular flexibility index (Phi) is 4.11. The third-order valence-corrected chi connectivity index (χ3v) is 4.77. The maximum Gasteiger partial charge on any atom is 0.222 e. The van der Waals surface area contributed by atoms with Crippen LogP contribution in [-0.2, 0) is 11.2 Å². The van der Waals surface area contributed by atoms with Gasteiger partial charge < -0.3 is 4.90 Å². The molecule has 106 valence electrons. The molecule has 0 spiro atoms. The molecule has 5 nitrogen and oxygen atoms in total. The summed E-state index contributed by atoms with van der Waals surface area (Å²) in [7, 11) is 0. The largest absolute Gasteiger partial charge is 0.343 e. The molecule has 3 heterocycles. The van der Waals surface area contributed by atoms with Crippen molar-refractivity contribution in [3.8, 4) is 0 Å². The molecule has 1 N–H and O–H groups in total. The molecule has 0 unspecified atom stereocenters. The molecule has 2 aromatic rings. The van der Waals surface area contributed by atoms with Gasteiger partial charge in [-0.3, -0.25) is 9.89 Å². The minimum Gasteiger partial charge on any atom is -0.343 e. The van der Waals surface area contributed by atoms with Gasteiger partial charge >= 0.3 is 0 Å². The summed E-state index contributed by atoms with van der Waals surface area (Å²) < 4.78 is 0. The van der Waals surface area contributed by atoms with E-state index >= 15 is 0 Å². The van der Waals surface area contributed by atoms with Gasteiger partial charge in [0, 0.05) is 30.3 Å². The lowest BCUT2D eigenvalue weighted by Crippen LogP contribution is -2.38. The number of nitrogens with one attached hydrogen (secondary N) is 1. The maximum atomic E-state index is 12.2. The number of aromatic amines is 1. The monoisotopic (exact) mass is 290 g/mol. The molecule has 0 atom stereocenters. The number of H-pyrrole nitrogens is 1. The summed E-state index contributed by atoms with van der Waals surface area (Å²) >= 11 is 1.72. The quantitative estimate of drug-likeness (QED) is 0.939. The van der Waals surface area contributed by atoms with E-state index in [4.69, 9.17) is 0 Å². The molecule has 1 saturated heterocycles. The van der Waals surface area contributed by atoms with Gasteiger partial charge in [-0.25, -0.2) is 4.98 Å². The third kappa shape index (κ3) is 3.07. The summed E-state index contributed by atoms with van der Waals surface area (Å²) in [4.78, 5) is 19.7. The Morgan fingerprint density at radius 1 is 1.45 bits per heavy atom. The normalized spacial score (nSPS) is 16.5. The molecule has 1 fully saturated rings. The second kappa shape index (κ2) is 6.17. The van der Waals surface area contributed by atoms with Crippen molar-refractivity contribution in [1.82, 2.24) is 20.1 Å². The van der Waals surface area contributed by atoms with Gasteiger partial charge in [0.15, 0.2) is 0 Å². The number of nitrogens with zero attached hydrogens (tertiary/aromatic N) is 3. The zero-order chi connectivity index (χ0) is 13.8. The first kappa shape index (κ1) is 13.3. The van der Waals surface area contributed by atoms with E-state index in [1.165, 1.54) is 4.88 Å². The number of hydrogen-bond acceptors (Lipinski definition) is 4. The standard InChI is InChI=1S/C14H18N4OS/c19-13(4-3-12-2-1-9-20-12)18-7-5-11(6-8-18)14-15-10-16-17-14/h1-2,9-11H,3-8H2,(H,15,16,17). The SMILES string of the molecule is O=C(CCc1cccs1)N1CCC(c2ncn[nH]2)CC1. The highest BCUT2D eigenvalue weighted by Crippen LogP contribution is 2.25. The van der Waals surface area contributed by atoms with Crippen molar-refractivity contribution in [2.24, 2.45) is 0 Å². The van der Waals surface area contributed by atoms with E-state index in [-0.39, 0.29) is 5.91 Å². The van der Waals surface area contributed by atoms with Crippen LogP contribution < -0.4 is 0 Å². The van der Waals surface area contributed by atoms with Gasteiger partial charge in [-0.2, -0.15) is 5.10 Å². The van der Waals surface area contributed by atoms with Crippen LogP contribution in [0.15, 0.2) is 23.8 Å². The fourth-order valence-electron chi connectivity index (χ4n) is 2.66. The Bertz CT molecular complexity index is 530. The average molecular weight is 290 g/mol. The van der Waals surface area contributed by atoms with Gasteiger partial charge in [0.2, 0.25) is 5.91 Å². The molecule has 20 heavy (non-hydrogen) atoms. The van der Waals surface area contributed by atoms with Crippen LogP contribution in [0.25, 0.3) is 0 Å². The van der Waals surface area contributed by atoms with Gasteiger partial charge in [0.1, 0.15) is 12.2 Å². The van der Waals surface area contributed by atoms with Crippen LogP contribution in [0.1, 0.15) is 35.9 Å². The summed E-state index contributed by atoms with van der Waals surface area (Å²) in [6, 6.07) is 4.13. The molecule has 2 aromatic heterocycles. The summed E-state index contributed by atoms with van der Waals surface area (Å²) in [5.41, 5.74) is 0. The van der Waals surface area contributed by atoms with Crippen LogP contribution in [0, 0.1) is 0 Å². The Morgan fingerprint density at radius 3 is 2.95 bits per heavy atom. The molecular weight excluding hydrogens is 272 g/mol. The van der Waals surface area contributed by atoms with Crippen molar-refractivity contribution >= 4 is 17.2 Å². The van der Waals surface area contributed by atoms with Crippen LogP contribution in [0.3, 0.4) is 0 Å². The Balaban J connectivity index is 1.46. The zero-order valence-electron chi connectivity index (χ0n) is 11.3. The predicted octanol–water partition coefficient (Wildman–Crippen LogP) is 2.21. The first-order chi connectivity index (χ1) is 9.83. The fraction of sp³-hybridized carbons (Fsp3) is 0.500. The zero-order valence-corrected chi connectivity index (χ0v) is 12.1. The molecule has 1 aliphatic rings. The van der Waals surface area contributed by atoms with E-state index < -0.39 is 0 Å². The highest BCUT2D eigenvalue weighted by Gasteiger charge is 2.25. The predicted molar refractivity (Wildman–Crippen MR) is 77.6 cm³/mol. The molecule has 0 aromatic carbocycles. The number of carbonyl (C=O) groups is 1. The van der Waals surface area contributed by atoms with Crippen LogP contribution >= 0.6 is 11.3 Å². The van der Waals surface area contributed by atoms with Crippen molar-refractivity contribution in [1.29, 1.82) is 0 Å². The van der Waals surface area contributed by atoms with Crippen molar-refractivity contribution in [2.75, 3.05) is 13.1 Å². The number of amides is 1. The Labute approximate surface area is 122 Å². The van der Waals surface area contributed by atoms with Gasteiger partial charge in [0.25, 0.3) is 0 Å². The van der Waals surface area contributed by atoms with Crippen LogP contribution in [0.4, 0.5) is 0 Å². The van der Waals surface area contributed by atoms with Gasteiger partial charge in [0.05, 0.1) is 0 Å². The van der Waals surface area contributed by atoms with E-state index in [9.17, 15) is 4.79 Å². The summed E-state index contributed by atoms with van der Waals surface area (Å²) in [6.07, 6.45) is 4.97. The number of piperidine rings is 1. The first-order valence-electron chi connectivity index (χ1n) is 6.98. The topological polar surface area (TPSA) is 61.9 Å². The number of carbonyl (C=O) groups excluding carboxylic acids is 1. The highest BCUT2D eigenvalue weighted by atomic mass is 32.1. The minimum atomic E-state index is 0.273. The molecule has 0 saturated carbocycles. The van der Waals surface area contributed by atoms with Gasteiger partial charge in [-0.05, 0) is 30.7 Å². The molecule has 0 radical (unpaired) electrons. The molecule has 0 bridgehead atoms. The van der Waals surface area contributed by atoms with Crippen LogP contribution in [0.5, 0.6) is 0 Å². The number of aromatic nitrogens is 3. The molecule has 3 rings (SSSR count). The van der Waals surface area contributed by atoms with Crippen LogP contribution in [-0.4, -0.2) is 39.1 Å². The van der Waals surface area contributed by atoms with Crippen molar-refractivity contribution < 1.29 is 4.79 Å². The lowest BCUT2D eigenvalue weighted by Gasteiger charge is -2.31. The smallest absolute Gasteiger partial charge is 0.222 e. The molecular formula is C14H18N4OS. The number of thiophene rings is 1. The van der Waals surface area contributed by atoms with Crippen molar-refractivity contribution in [3.05, 3.63) is 34.5 Å². The van der Waals surface area contributed by atoms with E-state index in [0.29, 0.717) is 12.3 Å². The second-order valence-electron chi connectivity index (χ2n) is 5.11. The summed E-state index contributed by atoms with van der Waals surface area (Å²) in [5, 5.41) is 8.88. The fourth-order valence-corrected chi connectivity index (χ4v) is 3.37. The van der Waals surface area contributed by atoms with E-state index in [1.54, 1.807) is 17.7 Å². The van der Waals surface area contributed by atoms with Gasteiger partial charge in [-0.1, -0.05) is 6.07 Å². The summed E-state index contributed by atoms with van der Waals surface area (Å²) in [6.45, 7) is 1.66. The minimum absolute atomic E-state index is 0.273. The molecule has 1 aliphatic heterocycles. The van der Waals surface area contributed by atoms with Gasteiger partial charge in [-0.15, -0.1) is 11.3 Å². The van der Waals surface area contributed by atoms with E-state index in [1.807, 2.05) is 11.0 Å². The third-order valence-electron chi connectivity index (χ3n) is 3.83. The molecule has 6 heteroatoms. The molecule has 1 amide bonds. The lowest BCUT2D eigenvalue weighted by atomic mass is 9.96. The second-order valence-corrected chi connectivity index (χ2v) is 6.14. The summed E-state index contributed by atoms with van der Waals surface area (Å²) in [5.74, 6) is 1.64. The number of likely N-dealkylation sites (tertiary alicyclic amines) is 1. The van der Waals surface area contributed by atoms with Crippen LogP contribution in [0.2, 0.25) is 0 Å². The molecule has 0 aliphatic carbocycles. The number of aryl methyl sites for hydroxylation is 1. The number of hydrogen-bond donors (Lipinski definition) is 1. The Morgan fingerprint density at radius 2 is 2.30 bits per heavy atom. The number of rotatable bonds is 4.